The van der Waals surface area contributed by atoms with E-state index in [1.54, 1.807) is 42.4 Å². The number of benzene rings is 1. The predicted octanol–water partition coefficient (Wildman–Crippen LogP) is 1.77. The van der Waals surface area contributed by atoms with Crippen molar-refractivity contribution in [1.82, 2.24) is 4.57 Å². The zero-order chi connectivity index (χ0) is 18.0. The Hall–Kier alpha value is -3.09. The van der Waals surface area contributed by atoms with Crippen LogP contribution in [0.1, 0.15) is 23.2 Å². The number of carbonyl (C=O) groups is 2. The summed E-state index contributed by atoms with van der Waals surface area (Å²) in [6.45, 7) is 0.617. The Morgan fingerprint density at radius 2 is 2.04 bits per heavy atom. The van der Waals surface area contributed by atoms with E-state index in [0.29, 0.717) is 30.1 Å². The molecular weight excluding hydrogens is 322 g/mol. The second kappa shape index (κ2) is 6.80. The highest BCUT2D eigenvalue weighted by molar-refractivity contribution is 6.05. The van der Waals surface area contributed by atoms with Crippen LogP contribution in [0.4, 0.5) is 11.4 Å². The molecule has 2 aromatic rings. The molecule has 25 heavy (non-hydrogen) atoms. The van der Waals surface area contributed by atoms with Gasteiger partial charge in [0.2, 0.25) is 5.91 Å². The largest absolute Gasteiger partial charge is 0.495 e. The molecule has 2 heterocycles. The Balaban J connectivity index is 1.90. The first-order valence-corrected chi connectivity index (χ1v) is 7.96. The summed E-state index contributed by atoms with van der Waals surface area (Å²) in [7, 11) is 3.12. The maximum Gasteiger partial charge on any atom is 0.263 e. The maximum absolute atomic E-state index is 12.4. The second-order valence-electron chi connectivity index (χ2n) is 5.83. The van der Waals surface area contributed by atoms with Crippen LogP contribution in [0.2, 0.25) is 0 Å². The highest BCUT2D eigenvalue weighted by atomic mass is 16.5. The summed E-state index contributed by atoms with van der Waals surface area (Å²) in [5, 5.41) is 2.71. The first kappa shape index (κ1) is 16.8. The van der Waals surface area contributed by atoms with Crippen molar-refractivity contribution in [1.29, 1.82) is 0 Å². The van der Waals surface area contributed by atoms with Crippen LogP contribution in [0.3, 0.4) is 0 Å². The Bertz CT molecular complexity index is 888. The predicted molar refractivity (Wildman–Crippen MR) is 94.2 cm³/mol. The highest BCUT2D eigenvalue weighted by Gasteiger charge is 2.25. The van der Waals surface area contributed by atoms with Crippen LogP contribution in [-0.4, -0.2) is 30.0 Å². The summed E-state index contributed by atoms with van der Waals surface area (Å²) < 4.78 is 6.67. The monoisotopic (exact) mass is 341 g/mol. The van der Waals surface area contributed by atoms with Gasteiger partial charge in [-0.2, -0.15) is 0 Å². The van der Waals surface area contributed by atoms with Gasteiger partial charge in [0, 0.05) is 31.9 Å². The Morgan fingerprint density at radius 3 is 2.72 bits per heavy atom. The van der Waals surface area contributed by atoms with Gasteiger partial charge in [-0.25, -0.2) is 0 Å². The molecule has 7 nitrogen and oxygen atoms in total. The highest BCUT2D eigenvalue weighted by Crippen LogP contribution is 2.34. The molecule has 1 aromatic carbocycles. The number of nitrogens with one attached hydrogen (secondary N) is 1. The first-order valence-electron chi connectivity index (χ1n) is 7.96. The lowest BCUT2D eigenvalue weighted by Crippen LogP contribution is -2.27. The van der Waals surface area contributed by atoms with E-state index < -0.39 is 5.91 Å². The normalized spacial score (nSPS) is 13.8. The van der Waals surface area contributed by atoms with E-state index in [4.69, 9.17) is 4.74 Å². The quantitative estimate of drug-likeness (QED) is 0.919. The molecule has 1 fully saturated rings. The lowest BCUT2D eigenvalue weighted by molar-refractivity contribution is -0.117. The van der Waals surface area contributed by atoms with Crippen LogP contribution in [0.15, 0.2) is 41.3 Å². The summed E-state index contributed by atoms with van der Waals surface area (Å²) >= 11 is 0. The van der Waals surface area contributed by atoms with Gasteiger partial charge in [-0.1, -0.05) is 0 Å². The van der Waals surface area contributed by atoms with Gasteiger partial charge >= 0.3 is 0 Å². The minimum atomic E-state index is -0.495. The van der Waals surface area contributed by atoms with Crippen molar-refractivity contribution < 1.29 is 14.3 Å². The van der Waals surface area contributed by atoms with E-state index in [2.05, 4.69) is 5.32 Å². The molecule has 7 heteroatoms. The third-order valence-electron chi connectivity index (χ3n) is 4.17. The topological polar surface area (TPSA) is 80.6 Å². The van der Waals surface area contributed by atoms with Crippen molar-refractivity contribution >= 4 is 23.2 Å². The molecule has 3 rings (SSSR count). The molecular formula is C18H19N3O4. The van der Waals surface area contributed by atoms with Gasteiger partial charge in [0.05, 0.1) is 12.8 Å². The summed E-state index contributed by atoms with van der Waals surface area (Å²) in [5.74, 6) is 0.0904. The second-order valence-corrected chi connectivity index (χ2v) is 5.83. The van der Waals surface area contributed by atoms with E-state index in [0.717, 1.165) is 6.42 Å². The molecule has 2 amide bonds. The molecule has 1 saturated heterocycles. The molecule has 0 spiro atoms. The van der Waals surface area contributed by atoms with E-state index in [1.165, 1.54) is 17.7 Å². The van der Waals surface area contributed by atoms with Gasteiger partial charge in [0.15, 0.2) is 0 Å². The van der Waals surface area contributed by atoms with E-state index in [9.17, 15) is 14.4 Å². The number of aromatic nitrogens is 1. The summed E-state index contributed by atoms with van der Waals surface area (Å²) in [5.41, 5.74) is 0.790. The standard InChI is InChI=1S/C18H19N3O4/c1-20-9-3-5-13(18(20)24)17(23)19-12-7-8-15(25-2)14(11-12)21-10-4-6-16(21)22/h3,5,7-9,11H,4,6,10H2,1-2H3,(H,19,23). The SMILES string of the molecule is COc1ccc(NC(=O)c2cccn(C)c2=O)cc1N1CCCC1=O. The van der Waals surface area contributed by atoms with E-state index in [-0.39, 0.29) is 17.0 Å². The number of hydrogen-bond acceptors (Lipinski definition) is 4. The van der Waals surface area contributed by atoms with Crippen molar-refractivity contribution in [3.63, 3.8) is 0 Å². The molecule has 0 aliphatic carbocycles. The molecule has 1 aliphatic rings. The third kappa shape index (κ3) is 3.26. The zero-order valence-electron chi connectivity index (χ0n) is 14.1. The average Bonchev–Trinajstić information content (AvgIpc) is 3.03. The van der Waals surface area contributed by atoms with Crippen molar-refractivity contribution in [3.05, 3.63) is 52.4 Å². The molecule has 1 N–H and O–H groups in total. The number of amides is 2. The van der Waals surface area contributed by atoms with Crippen molar-refractivity contribution in [2.24, 2.45) is 7.05 Å². The van der Waals surface area contributed by atoms with Gasteiger partial charge in [0.25, 0.3) is 11.5 Å². The summed E-state index contributed by atoms with van der Waals surface area (Å²) in [6.07, 6.45) is 2.88. The molecule has 1 aromatic heterocycles. The zero-order valence-corrected chi connectivity index (χ0v) is 14.1. The Labute approximate surface area is 144 Å². The Morgan fingerprint density at radius 1 is 1.24 bits per heavy atom. The fourth-order valence-corrected chi connectivity index (χ4v) is 2.85. The van der Waals surface area contributed by atoms with Crippen LogP contribution >= 0.6 is 0 Å². The fourth-order valence-electron chi connectivity index (χ4n) is 2.85. The average molecular weight is 341 g/mol. The molecule has 0 radical (unpaired) electrons. The van der Waals surface area contributed by atoms with Crippen LogP contribution < -0.4 is 20.5 Å². The van der Waals surface area contributed by atoms with E-state index >= 15 is 0 Å². The first-order chi connectivity index (χ1) is 12.0. The van der Waals surface area contributed by atoms with Gasteiger partial charge in [-0.05, 0) is 36.8 Å². The molecule has 1 aliphatic heterocycles. The van der Waals surface area contributed by atoms with Crippen LogP contribution in [-0.2, 0) is 11.8 Å². The number of methoxy groups -OCH3 is 1. The van der Waals surface area contributed by atoms with Crippen LogP contribution in [0.5, 0.6) is 5.75 Å². The number of pyridine rings is 1. The molecule has 130 valence electrons. The number of anilines is 2. The van der Waals surface area contributed by atoms with Crippen molar-refractivity contribution in [2.45, 2.75) is 12.8 Å². The minimum absolute atomic E-state index is 0.0266. The molecule has 0 saturated carbocycles. The smallest absolute Gasteiger partial charge is 0.263 e. The summed E-state index contributed by atoms with van der Waals surface area (Å²) in [6, 6.07) is 8.17. The number of ether oxygens (including phenoxy) is 1. The number of nitrogens with zero attached hydrogens (tertiary/aromatic N) is 2. The fraction of sp³-hybridized carbons (Fsp3) is 0.278. The van der Waals surface area contributed by atoms with Gasteiger partial charge in [0.1, 0.15) is 11.3 Å². The van der Waals surface area contributed by atoms with Gasteiger partial charge in [-0.3, -0.25) is 14.4 Å². The van der Waals surface area contributed by atoms with Crippen molar-refractivity contribution in [3.8, 4) is 5.75 Å². The number of carbonyl (C=O) groups excluding carboxylic acids is 2. The van der Waals surface area contributed by atoms with Crippen molar-refractivity contribution in [2.75, 3.05) is 23.9 Å². The van der Waals surface area contributed by atoms with Gasteiger partial charge < -0.3 is 19.5 Å². The Kier molecular flexibility index (Phi) is 4.56. The lowest BCUT2D eigenvalue weighted by Gasteiger charge is -2.20. The number of rotatable bonds is 4. The molecule has 0 bridgehead atoms. The lowest BCUT2D eigenvalue weighted by atomic mass is 10.2. The van der Waals surface area contributed by atoms with Crippen LogP contribution in [0, 0.1) is 0 Å². The summed E-state index contributed by atoms with van der Waals surface area (Å²) in [4.78, 5) is 38.1. The maximum atomic E-state index is 12.4. The van der Waals surface area contributed by atoms with Crippen LogP contribution in [0.25, 0.3) is 0 Å². The third-order valence-corrected chi connectivity index (χ3v) is 4.17. The number of aryl methyl sites for hydroxylation is 1. The molecule has 0 unspecified atom stereocenters. The minimum Gasteiger partial charge on any atom is -0.495 e. The number of hydrogen-bond donors (Lipinski definition) is 1. The molecule has 0 atom stereocenters. The van der Waals surface area contributed by atoms with Gasteiger partial charge in [-0.15, -0.1) is 0 Å². The van der Waals surface area contributed by atoms with E-state index in [1.807, 2.05) is 0 Å².